The fourth-order valence-electron chi connectivity index (χ4n) is 4.08. The molecule has 0 saturated carbocycles. The number of rotatable bonds is 5. The Kier molecular flexibility index (Phi) is 5.57. The number of nitrogens with two attached hydrogens (primary N) is 1. The Balaban J connectivity index is 1.48. The van der Waals surface area contributed by atoms with E-state index in [1.165, 1.54) is 0 Å². The van der Waals surface area contributed by atoms with E-state index < -0.39 is 17.1 Å². The van der Waals surface area contributed by atoms with E-state index in [9.17, 15) is 9.59 Å². The van der Waals surface area contributed by atoms with Crippen molar-refractivity contribution in [2.75, 3.05) is 30.5 Å². The smallest absolute Gasteiger partial charge is 0.417 e. The molecule has 1 unspecified atom stereocenters. The summed E-state index contributed by atoms with van der Waals surface area (Å²) in [7, 11) is 1.58. The minimum absolute atomic E-state index is 0.204. The SMILES string of the molecule is COCCN1C(=O)C(C)(C)Oc2cc(C3(N)N=C(Nc4ccc5oc(=O)[nH]c5c4)C(C)=CN3)cnc21. The number of amides is 1. The first-order valence-electron chi connectivity index (χ1n) is 11.3. The summed E-state index contributed by atoms with van der Waals surface area (Å²) in [5.74, 6) is -0.737. The van der Waals surface area contributed by atoms with Crippen LogP contribution in [0.5, 0.6) is 5.75 Å². The molecule has 3 aromatic rings. The second kappa shape index (κ2) is 8.50. The molecular formula is C24H27N7O5. The summed E-state index contributed by atoms with van der Waals surface area (Å²) in [4.78, 5) is 37.8. The maximum atomic E-state index is 12.9. The number of H-pyrrole nitrogens is 1. The molecule has 1 amide bonds. The van der Waals surface area contributed by atoms with Crippen molar-refractivity contribution in [2.24, 2.45) is 10.7 Å². The summed E-state index contributed by atoms with van der Waals surface area (Å²) in [5, 5.41) is 6.37. The Morgan fingerprint density at radius 2 is 2.06 bits per heavy atom. The first-order valence-corrected chi connectivity index (χ1v) is 11.3. The first kappa shape index (κ1) is 23.6. The number of aromatic nitrogens is 2. The van der Waals surface area contributed by atoms with E-state index in [1.807, 2.05) is 6.92 Å². The molecule has 0 radical (unpaired) electrons. The number of pyridine rings is 1. The number of fused-ring (bicyclic) bond motifs is 2. The number of aliphatic imine (C=N–C) groups is 1. The van der Waals surface area contributed by atoms with E-state index in [1.54, 1.807) is 62.5 Å². The molecule has 2 aliphatic rings. The molecule has 12 nitrogen and oxygen atoms in total. The zero-order chi connectivity index (χ0) is 25.7. The predicted octanol–water partition coefficient (Wildman–Crippen LogP) is 1.75. The molecule has 1 aromatic carbocycles. The largest absolute Gasteiger partial charge is 0.474 e. The van der Waals surface area contributed by atoms with E-state index in [2.05, 4.69) is 20.6 Å². The van der Waals surface area contributed by atoms with Crippen LogP contribution in [0.2, 0.25) is 0 Å². The molecule has 188 valence electrons. The van der Waals surface area contributed by atoms with Gasteiger partial charge in [0.25, 0.3) is 5.91 Å². The Labute approximate surface area is 206 Å². The topological polar surface area (TPSA) is 160 Å². The highest BCUT2D eigenvalue weighted by Gasteiger charge is 2.42. The molecular weight excluding hydrogens is 466 g/mol. The van der Waals surface area contributed by atoms with Crippen molar-refractivity contribution >= 4 is 34.3 Å². The lowest BCUT2D eigenvalue weighted by atomic mass is 10.0. The van der Waals surface area contributed by atoms with Crippen LogP contribution in [-0.2, 0) is 15.3 Å². The predicted molar refractivity (Wildman–Crippen MR) is 134 cm³/mol. The number of ether oxygens (including phenoxy) is 2. The van der Waals surface area contributed by atoms with Crippen molar-refractivity contribution in [3.63, 3.8) is 0 Å². The first-order chi connectivity index (χ1) is 17.1. The van der Waals surface area contributed by atoms with Gasteiger partial charge in [0, 0.05) is 36.3 Å². The number of oxazole rings is 1. The third kappa shape index (κ3) is 4.10. The molecule has 5 rings (SSSR count). The minimum atomic E-state index is -1.36. The summed E-state index contributed by atoms with van der Waals surface area (Å²) in [6.07, 6.45) is 3.32. The number of carbonyl (C=O) groups is 1. The minimum Gasteiger partial charge on any atom is -0.474 e. The maximum Gasteiger partial charge on any atom is 0.417 e. The molecule has 0 aliphatic carbocycles. The highest BCUT2D eigenvalue weighted by Crippen LogP contribution is 2.38. The van der Waals surface area contributed by atoms with Gasteiger partial charge in [-0.2, -0.15) is 0 Å². The summed E-state index contributed by atoms with van der Waals surface area (Å²) >= 11 is 0. The lowest BCUT2D eigenvalue weighted by Gasteiger charge is -2.39. The number of aromatic amines is 1. The van der Waals surface area contributed by atoms with Crippen molar-refractivity contribution < 1.29 is 18.7 Å². The van der Waals surface area contributed by atoms with Crippen LogP contribution in [0.4, 0.5) is 11.5 Å². The fraction of sp³-hybridized carbons (Fsp3) is 0.333. The number of hydrogen-bond acceptors (Lipinski definition) is 10. The van der Waals surface area contributed by atoms with Gasteiger partial charge in [0.1, 0.15) is 5.84 Å². The second-order valence-electron chi connectivity index (χ2n) is 9.16. The molecule has 0 fully saturated rings. The van der Waals surface area contributed by atoms with Crippen molar-refractivity contribution in [3.8, 4) is 5.75 Å². The third-order valence-corrected chi connectivity index (χ3v) is 6.03. The van der Waals surface area contributed by atoms with Crippen LogP contribution in [0.3, 0.4) is 0 Å². The summed E-state index contributed by atoms with van der Waals surface area (Å²) in [5.41, 5.74) is 8.66. The number of nitrogens with zero attached hydrogens (tertiary/aromatic N) is 3. The van der Waals surface area contributed by atoms with Gasteiger partial charge in [0.2, 0.25) is 5.79 Å². The highest BCUT2D eigenvalue weighted by atomic mass is 16.5. The third-order valence-electron chi connectivity index (χ3n) is 6.03. The van der Waals surface area contributed by atoms with Crippen LogP contribution < -0.4 is 31.8 Å². The maximum absolute atomic E-state index is 12.9. The average molecular weight is 494 g/mol. The second-order valence-corrected chi connectivity index (χ2v) is 9.16. The molecule has 36 heavy (non-hydrogen) atoms. The standard InChI is InChI=1S/C24H27N7O5/c1-13-11-27-24(25,30-19(13)28-15-5-6-17-16(10-15)29-22(33)35-17)14-9-18-20(26-12-14)31(7-8-34-4)21(32)23(2,3)36-18/h5-6,9-12,27H,7-8,25H2,1-4H3,(H,28,30)(H,29,33). The summed E-state index contributed by atoms with van der Waals surface area (Å²) < 4.78 is 16.2. The van der Waals surface area contributed by atoms with Gasteiger partial charge in [0.15, 0.2) is 22.8 Å². The van der Waals surface area contributed by atoms with Gasteiger partial charge in [-0.05, 0) is 45.0 Å². The van der Waals surface area contributed by atoms with Gasteiger partial charge in [-0.1, -0.05) is 0 Å². The molecule has 2 aromatic heterocycles. The number of hydrogen-bond donors (Lipinski definition) is 4. The van der Waals surface area contributed by atoms with Gasteiger partial charge < -0.3 is 24.5 Å². The number of amidine groups is 1. The molecule has 4 heterocycles. The quantitative estimate of drug-likeness (QED) is 0.415. The van der Waals surface area contributed by atoms with Gasteiger partial charge in [-0.15, -0.1) is 0 Å². The zero-order valence-electron chi connectivity index (χ0n) is 20.3. The van der Waals surface area contributed by atoms with E-state index >= 15 is 0 Å². The van der Waals surface area contributed by atoms with Crippen LogP contribution >= 0.6 is 0 Å². The van der Waals surface area contributed by atoms with Crippen LogP contribution in [-0.4, -0.2) is 47.6 Å². The Hall–Kier alpha value is -4.16. The monoisotopic (exact) mass is 493 g/mol. The Morgan fingerprint density at radius 1 is 1.25 bits per heavy atom. The normalized spacial score (nSPS) is 20.8. The average Bonchev–Trinajstić information content (AvgIpc) is 3.20. The molecule has 12 heteroatoms. The number of methoxy groups -OCH3 is 1. The van der Waals surface area contributed by atoms with Gasteiger partial charge in [-0.25, -0.2) is 14.8 Å². The van der Waals surface area contributed by atoms with Gasteiger partial charge in [-0.3, -0.25) is 20.4 Å². The molecule has 0 spiro atoms. The summed E-state index contributed by atoms with van der Waals surface area (Å²) in [6.45, 7) is 5.99. The van der Waals surface area contributed by atoms with Gasteiger partial charge >= 0.3 is 5.76 Å². The molecule has 0 saturated heterocycles. The van der Waals surface area contributed by atoms with Crippen LogP contribution in [0.15, 0.2) is 56.4 Å². The van der Waals surface area contributed by atoms with E-state index in [0.29, 0.717) is 52.9 Å². The van der Waals surface area contributed by atoms with E-state index in [0.717, 1.165) is 5.57 Å². The number of carbonyl (C=O) groups excluding carboxylic acids is 1. The Morgan fingerprint density at radius 3 is 2.83 bits per heavy atom. The lowest BCUT2D eigenvalue weighted by molar-refractivity contribution is -0.133. The van der Waals surface area contributed by atoms with Crippen molar-refractivity contribution in [2.45, 2.75) is 32.2 Å². The fourth-order valence-corrected chi connectivity index (χ4v) is 4.08. The zero-order valence-corrected chi connectivity index (χ0v) is 20.3. The van der Waals surface area contributed by atoms with Crippen LogP contribution in [0.25, 0.3) is 11.1 Å². The lowest BCUT2D eigenvalue weighted by Crippen LogP contribution is -2.54. The number of anilines is 2. The van der Waals surface area contributed by atoms with E-state index in [4.69, 9.17) is 24.6 Å². The number of nitrogens with one attached hydrogen (secondary N) is 3. The molecule has 0 bridgehead atoms. The number of benzene rings is 1. The highest BCUT2D eigenvalue weighted by molar-refractivity contribution is 6.08. The molecule has 5 N–H and O–H groups in total. The van der Waals surface area contributed by atoms with Crippen molar-refractivity contribution in [1.82, 2.24) is 15.3 Å². The van der Waals surface area contributed by atoms with Gasteiger partial charge in [0.05, 0.1) is 18.7 Å². The Bertz CT molecular complexity index is 1470. The summed E-state index contributed by atoms with van der Waals surface area (Å²) in [6, 6.07) is 6.95. The van der Waals surface area contributed by atoms with Crippen LogP contribution in [0, 0.1) is 0 Å². The van der Waals surface area contributed by atoms with Crippen molar-refractivity contribution in [1.29, 1.82) is 0 Å². The van der Waals surface area contributed by atoms with Crippen LogP contribution in [0.1, 0.15) is 26.3 Å². The molecule has 1 atom stereocenters. The van der Waals surface area contributed by atoms with E-state index in [-0.39, 0.29) is 5.91 Å². The molecule has 2 aliphatic heterocycles. The van der Waals surface area contributed by atoms with Crippen molar-refractivity contribution in [3.05, 3.63) is 58.3 Å².